The van der Waals surface area contributed by atoms with Crippen LogP contribution in [0.2, 0.25) is 0 Å². The highest BCUT2D eigenvalue weighted by Gasteiger charge is 2.28. The van der Waals surface area contributed by atoms with Gasteiger partial charge >= 0.3 is 0 Å². The van der Waals surface area contributed by atoms with Crippen molar-refractivity contribution in [2.45, 2.75) is 0 Å². The molecule has 0 unspecified atom stereocenters. The third-order valence-corrected chi connectivity index (χ3v) is 4.03. The normalized spacial score (nSPS) is 11.5. The fourth-order valence-corrected chi connectivity index (χ4v) is 2.75. The molecule has 3 heterocycles. The number of carbonyl (C=O) groups excluding carboxylic acids is 2. The van der Waals surface area contributed by atoms with Crippen LogP contribution in [0.4, 0.5) is 27.4 Å². The maximum Gasteiger partial charge on any atom is 0.252 e. The first kappa shape index (κ1) is 17.2. The number of ether oxygens (including phenoxy) is 1. The summed E-state index contributed by atoms with van der Waals surface area (Å²) in [5, 5.41) is 5.88. The zero-order valence-electron chi connectivity index (χ0n) is 14.2. The van der Waals surface area contributed by atoms with Gasteiger partial charge in [-0.1, -0.05) is 6.07 Å². The fourth-order valence-electron chi connectivity index (χ4n) is 2.75. The second-order valence-corrected chi connectivity index (χ2v) is 5.85. The number of fused-ring (bicyclic) bond motifs is 2. The molecule has 1 aromatic carbocycles. The second kappa shape index (κ2) is 6.50. The van der Waals surface area contributed by atoms with E-state index < -0.39 is 17.6 Å². The molecule has 2 aromatic heterocycles. The molecule has 0 saturated heterocycles. The molecule has 0 bridgehead atoms. The number of primary amides is 2. The molecular formula is C18H13FN6O3. The van der Waals surface area contributed by atoms with E-state index in [-0.39, 0.29) is 28.4 Å². The number of anilines is 4. The lowest BCUT2D eigenvalue weighted by molar-refractivity contribution is 0.0993. The minimum atomic E-state index is -0.744. The van der Waals surface area contributed by atoms with Crippen molar-refractivity contribution in [3.63, 3.8) is 0 Å². The van der Waals surface area contributed by atoms with E-state index in [1.165, 1.54) is 24.4 Å². The Bertz CT molecular complexity index is 1120. The highest BCUT2D eigenvalue weighted by atomic mass is 19.1. The maximum absolute atomic E-state index is 13.1. The number of halogens is 1. The number of hydrogen-bond donors (Lipinski definition) is 4. The molecule has 9 nitrogen and oxygen atoms in total. The van der Waals surface area contributed by atoms with Gasteiger partial charge in [0.15, 0.2) is 17.3 Å². The molecule has 3 aromatic rings. The van der Waals surface area contributed by atoms with Gasteiger partial charge in [0.25, 0.3) is 11.8 Å². The maximum atomic E-state index is 13.1. The number of nitrogens with one attached hydrogen (secondary N) is 2. The highest BCUT2D eigenvalue weighted by Crippen LogP contribution is 2.48. The summed E-state index contributed by atoms with van der Waals surface area (Å²) in [6, 6.07) is 7.39. The van der Waals surface area contributed by atoms with Crippen LogP contribution in [0.25, 0.3) is 0 Å². The van der Waals surface area contributed by atoms with Gasteiger partial charge in [0, 0.05) is 6.20 Å². The summed E-state index contributed by atoms with van der Waals surface area (Å²) in [6.45, 7) is 0. The standard InChI is InChI=1S/C18H13FN6O3/c19-8-4-5-12(22-6-8)24-18-15-14(10(7-23-18)17(21)27)25-13-9(16(20)26)2-1-3-11(13)28-15/h1-7,25H,(H2,20,26)(H2,21,27)(H,22,23,24). The van der Waals surface area contributed by atoms with Crippen LogP contribution in [-0.2, 0) is 0 Å². The van der Waals surface area contributed by atoms with Gasteiger partial charge in [-0.2, -0.15) is 0 Å². The summed E-state index contributed by atoms with van der Waals surface area (Å²) in [5.41, 5.74) is 11.6. The van der Waals surface area contributed by atoms with Crippen molar-refractivity contribution >= 4 is 34.8 Å². The zero-order chi connectivity index (χ0) is 19.8. The van der Waals surface area contributed by atoms with E-state index in [0.717, 1.165) is 6.20 Å². The minimum Gasteiger partial charge on any atom is -0.449 e. The quantitative estimate of drug-likeness (QED) is 0.425. The monoisotopic (exact) mass is 380 g/mol. The van der Waals surface area contributed by atoms with Crippen molar-refractivity contribution in [1.29, 1.82) is 0 Å². The molecule has 0 radical (unpaired) electrons. The topological polar surface area (TPSA) is 145 Å². The van der Waals surface area contributed by atoms with Crippen LogP contribution in [0.3, 0.4) is 0 Å². The van der Waals surface area contributed by atoms with Gasteiger partial charge in [-0.25, -0.2) is 14.4 Å². The van der Waals surface area contributed by atoms with Gasteiger partial charge in [-0.15, -0.1) is 0 Å². The number of carbonyl (C=O) groups is 2. The number of hydrogen-bond acceptors (Lipinski definition) is 7. The molecule has 0 aliphatic carbocycles. The summed E-state index contributed by atoms with van der Waals surface area (Å²) in [7, 11) is 0. The van der Waals surface area contributed by atoms with Crippen molar-refractivity contribution in [2.75, 3.05) is 10.6 Å². The van der Waals surface area contributed by atoms with Gasteiger partial charge in [0.2, 0.25) is 0 Å². The van der Waals surface area contributed by atoms with Gasteiger partial charge in [-0.05, 0) is 24.3 Å². The first-order chi connectivity index (χ1) is 13.4. The van der Waals surface area contributed by atoms with Crippen molar-refractivity contribution in [2.24, 2.45) is 11.5 Å². The molecule has 6 N–H and O–H groups in total. The third kappa shape index (κ3) is 2.92. The van der Waals surface area contributed by atoms with E-state index in [2.05, 4.69) is 20.6 Å². The number of aromatic nitrogens is 2. The summed E-state index contributed by atoms with van der Waals surface area (Å²) < 4.78 is 19.0. The van der Waals surface area contributed by atoms with Gasteiger partial charge in [0.1, 0.15) is 17.3 Å². The van der Waals surface area contributed by atoms with Crippen LogP contribution in [0.5, 0.6) is 11.5 Å². The predicted octanol–water partition coefficient (Wildman–Crippen LogP) is 2.41. The van der Waals surface area contributed by atoms with Crippen LogP contribution < -0.4 is 26.8 Å². The van der Waals surface area contributed by atoms with Crippen LogP contribution in [-0.4, -0.2) is 21.8 Å². The summed E-state index contributed by atoms with van der Waals surface area (Å²) in [4.78, 5) is 31.6. The smallest absolute Gasteiger partial charge is 0.252 e. The minimum absolute atomic E-state index is 0.0533. The van der Waals surface area contributed by atoms with Gasteiger partial charge in [0.05, 0.1) is 23.0 Å². The number of para-hydroxylation sites is 1. The molecule has 28 heavy (non-hydrogen) atoms. The summed E-state index contributed by atoms with van der Waals surface area (Å²) >= 11 is 0. The first-order valence-electron chi connectivity index (χ1n) is 8.03. The van der Waals surface area contributed by atoms with Crippen LogP contribution in [0.15, 0.2) is 42.7 Å². The van der Waals surface area contributed by atoms with Crippen molar-refractivity contribution in [3.8, 4) is 11.5 Å². The number of amides is 2. The average Bonchev–Trinajstić information content (AvgIpc) is 2.67. The lowest BCUT2D eigenvalue weighted by atomic mass is 10.1. The Hall–Kier alpha value is -4.21. The lowest BCUT2D eigenvalue weighted by Crippen LogP contribution is -2.20. The van der Waals surface area contributed by atoms with Crippen molar-refractivity contribution < 1.29 is 18.7 Å². The molecule has 0 fully saturated rings. The Morgan fingerprint density at radius 2 is 1.79 bits per heavy atom. The number of nitrogens with zero attached hydrogens (tertiary/aromatic N) is 2. The van der Waals surface area contributed by atoms with Gasteiger partial charge in [-0.3, -0.25) is 9.59 Å². The average molecular weight is 380 g/mol. The van der Waals surface area contributed by atoms with E-state index in [1.807, 2.05) is 0 Å². The van der Waals surface area contributed by atoms with E-state index >= 15 is 0 Å². The number of pyridine rings is 2. The van der Waals surface area contributed by atoms with Crippen molar-refractivity contribution in [1.82, 2.24) is 9.97 Å². The van der Waals surface area contributed by atoms with E-state index in [1.54, 1.807) is 12.1 Å². The molecule has 140 valence electrons. The second-order valence-electron chi connectivity index (χ2n) is 5.85. The van der Waals surface area contributed by atoms with Crippen molar-refractivity contribution in [3.05, 3.63) is 59.7 Å². The first-order valence-corrected chi connectivity index (χ1v) is 8.03. The molecule has 1 aliphatic rings. The number of nitrogens with two attached hydrogens (primary N) is 2. The molecule has 4 rings (SSSR count). The Balaban J connectivity index is 1.82. The lowest BCUT2D eigenvalue weighted by Gasteiger charge is -2.26. The molecule has 1 aliphatic heterocycles. The predicted molar refractivity (Wildman–Crippen MR) is 98.5 cm³/mol. The van der Waals surface area contributed by atoms with Gasteiger partial charge < -0.3 is 26.8 Å². The number of benzene rings is 1. The molecule has 0 saturated carbocycles. The van der Waals surface area contributed by atoms with Crippen LogP contribution in [0, 0.1) is 5.82 Å². The largest absolute Gasteiger partial charge is 0.449 e. The SMILES string of the molecule is NC(=O)c1cccc2c1Nc1c(C(N)=O)cnc(Nc3ccc(F)cn3)c1O2. The zero-order valence-corrected chi connectivity index (χ0v) is 14.2. The Morgan fingerprint density at radius 1 is 1.00 bits per heavy atom. The summed E-state index contributed by atoms with van der Waals surface area (Å²) in [5.74, 6) is -0.912. The van der Waals surface area contributed by atoms with Crippen LogP contribution in [0.1, 0.15) is 20.7 Å². The Morgan fingerprint density at radius 3 is 2.46 bits per heavy atom. The molecule has 10 heteroatoms. The van der Waals surface area contributed by atoms with E-state index in [9.17, 15) is 14.0 Å². The molecule has 2 amide bonds. The molecular weight excluding hydrogens is 367 g/mol. The number of rotatable bonds is 4. The van der Waals surface area contributed by atoms with E-state index in [0.29, 0.717) is 17.3 Å². The summed E-state index contributed by atoms with van der Waals surface area (Å²) in [6.07, 6.45) is 2.29. The Kier molecular flexibility index (Phi) is 4.00. The Labute approximate surface area is 157 Å². The van der Waals surface area contributed by atoms with E-state index in [4.69, 9.17) is 16.2 Å². The third-order valence-electron chi connectivity index (χ3n) is 4.03. The molecule has 0 spiro atoms. The fraction of sp³-hybridized carbons (Fsp3) is 0. The highest BCUT2D eigenvalue weighted by molar-refractivity contribution is 6.06. The van der Waals surface area contributed by atoms with Crippen LogP contribution >= 0.6 is 0 Å². The molecule has 0 atom stereocenters.